The zero-order valence-corrected chi connectivity index (χ0v) is 22.7. The van der Waals surface area contributed by atoms with E-state index in [1.807, 2.05) is 61.5 Å². The number of rotatable bonds is 15. The van der Waals surface area contributed by atoms with E-state index in [0.717, 1.165) is 16.7 Å². The van der Waals surface area contributed by atoms with E-state index in [9.17, 15) is 24.3 Å². The quantitative estimate of drug-likeness (QED) is 0.298. The molecule has 8 heteroatoms. The summed E-state index contributed by atoms with van der Waals surface area (Å²) in [4.78, 5) is 48.8. The maximum Gasteiger partial charge on any atom is 0.326 e. The maximum absolute atomic E-state index is 12.8. The van der Waals surface area contributed by atoms with Crippen LogP contribution in [0.3, 0.4) is 0 Å². The predicted molar refractivity (Wildman–Crippen MR) is 146 cm³/mol. The Balaban J connectivity index is 2.03. The van der Waals surface area contributed by atoms with Crippen LogP contribution in [0.15, 0.2) is 54.6 Å². The average Bonchev–Trinajstić information content (AvgIpc) is 2.91. The second-order valence-corrected chi connectivity index (χ2v) is 9.69. The van der Waals surface area contributed by atoms with Gasteiger partial charge in [-0.05, 0) is 42.4 Å². The van der Waals surface area contributed by atoms with Gasteiger partial charge in [0.15, 0.2) is 0 Å². The molecule has 206 valence electrons. The Hall–Kier alpha value is -3.68. The third kappa shape index (κ3) is 10.00. The minimum Gasteiger partial charge on any atom is -0.480 e. The molecule has 2 aromatic carbocycles. The number of hydrogen-bond donors (Lipinski definition) is 3. The van der Waals surface area contributed by atoms with Crippen molar-refractivity contribution >= 4 is 23.8 Å². The molecule has 0 saturated heterocycles. The van der Waals surface area contributed by atoms with Crippen LogP contribution < -0.4 is 10.6 Å². The fourth-order valence-corrected chi connectivity index (χ4v) is 4.20. The lowest BCUT2D eigenvalue weighted by Crippen LogP contribution is -2.45. The number of carbonyl (C=O) groups is 4. The van der Waals surface area contributed by atoms with E-state index < -0.39 is 23.8 Å². The fourth-order valence-electron chi connectivity index (χ4n) is 4.20. The number of ether oxygens (including phenoxy) is 1. The second-order valence-electron chi connectivity index (χ2n) is 9.69. The molecule has 0 aliphatic carbocycles. The number of benzene rings is 2. The third-order valence-corrected chi connectivity index (χ3v) is 6.61. The van der Waals surface area contributed by atoms with Crippen LogP contribution >= 0.6 is 0 Å². The molecule has 0 bridgehead atoms. The first-order valence-electron chi connectivity index (χ1n) is 13.3. The minimum atomic E-state index is -1.09. The molecule has 2 aromatic rings. The Morgan fingerprint density at radius 3 is 1.97 bits per heavy atom. The number of nitrogens with one attached hydrogen (secondary N) is 2. The van der Waals surface area contributed by atoms with Crippen LogP contribution in [0.5, 0.6) is 0 Å². The number of esters is 1. The number of hydrogen-bond acceptors (Lipinski definition) is 5. The van der Waals surface area contributed by atoms with E-state index in [4.69, 9.17) is 4.74 Å². The first kappa shape index (κ1) is 30.5. The molecular formula is C30H40N2O6. The van der Waals surface area contributed by atoms with Gasteiger partial charge >= 0.3 is 11.9 Å². The molecule has 0 radical (unpaired) electrons. The summed E-state index contributed by atoms with van der Waals surface area (Å²) in [5, 5.41) is 14.9. The molecule has 38 heavy (non-hydrogen) atoms. The highest BCUT2D eigenvalue weighted by Crippen LogP contribution is 2.21. The van der Waals surface area contributed by atoms with Crippen molar-refractivity contribution in [3.63, 3.8) is 0 Å². The van der Waals surface area contributed by atoms with Gasteiger partial charge in [0.2, 0.25) is 11.8 Å². The highest BCUT2D eigenvalue weighted by atomic mass is 16.5. The van der Waals surface area contributed by atoms with E-state index in [0.29, 0.717) is 19.3 Å². The molecule has 0 spiro atoms. The van der Waals surface area contributed by atoms with Crippen molar-refractivity contribution in [1.82, 2.24) is 10.6 Å². The lowest BCUT2D eigenvalue weighted by Gasteiger charge is -2.22. The lowest BCUT2D eigenvalue weighted by molar-refractivity contribution is -0.148. The lowest BCUT2D eigenvalue weighted by atomic mass is 9.94. The van der Waals surface area contributed by atoms with Crippen LogP contribution in [0, 0.1) is 11.8 Å². The molecule has 1 unspecified atom stereocenters. The van der Waals surface area contributed by atoms with Crippen molar-refractivity contribution in [1.29, 1.82) is 0 Å². The third-order valence-electron chi connectivity index (χ3n) is 6.61. The summed E-state index contributed by atoms with van der Waals surface area (Å²) in [6.45, 7) is 7.41. The van der Waals surface area contributed by atoms with Crippen molar-refractivity contribution in [3.8, 4) is 11.1 Å². The van der Waals surface area contributed by atoms with Gasteiger partial charge in [-0.15, -0.1) is 0 Å². The number of amides is 2. The number of aliphatic carboxylic acids is 1. The van der Waals surface area contributed by atoms with Crippen molar-refractivity contribution in [3.05, 3.63) is 60.2 Å². The number of carboxylic acid groups (broad SMARTS) is 1. The Bertz CT molecular complexity index is 1050. The second kappa shape index (κ2) is 15.5. The molecular weight excluding hydrogens is 484 g/mol. The number of carboxylic acids is 1. The summed E-state index contributed by atoms with van der Waals surface area (Å²) < 4.78 is 5.14. The summed E-state index contributed by atoms with van der Waals surface area (Å²) in [5.74, 6) is -2.89. The summed E-state index contributed by atoms with van der Waals surface area (Å²) >= 11 is 0. The molecule has 4 atom stereocenters. The minimum absolute atomic E-state index is 0.0874. The van der Waals surface area contributed by atoms with Gasteiger partial charge in [0.1, 0.15) is 6.04 Å². The van der Waals surface area contributed by atoms with Crippen LogP contribution in [0.2, 0.25) is 0 Å². The molecule has 8 nitrogen and oxygen atoms in total. The van der Waals surface area contributed by atoms with Crippen molar-refractivity contribution in [2.75, 3.05) is 6.61 Å². The molecule has 0 fully saturated rings. The Labute approximate surface area is 225 Å². The highest BCUT2D eigenvalue weighted by Gasteiger charge is 2.26. The van der Waals surface area contributed by atoms with Gasteiger partial charge in [-0.25, -0.2) is 4.79 Å². The zero-order chi connectivity index (χ0) is 28.1. The largest absolute Gasteiger partial charge is 0.480 e. The van der Waals surface area contributed by atoms with Crippen LogP contribution in [0.1, 0.15) is 58.9 Å². The molecule has 0 aromatic heterocycles. The fraction of sp³-hybridized carbons (Fsp3) is 0.467. The number of carbonyl (C=O) groups excluding carboxylic acids is 3. The normalized spacial score (nSPS) is 14.0. The van der Waals surface area contributed by atoms with E-state index in [1.54, 1.807) is 20.8 Å². The Kier molecular flexibility index (Phi) is 12.5. The zero-order valence-electron chi connectivity index (χ0n) is 22.7. The van der Waals surface area contributed by atoms with Gasteiger partial charge in [0.25, 0.3) is 0 Å². The topological polar surface area (TPSA) is 122 Å². The summed E-state index contributed by atoms with van der Waals surface area (Å²) in [6, 6.07) is 16.7. The summed E-state index contributed by atoms with van der Waals surface area (Å²) in [7, 11) is 0. The predicted octanol–water partition coefficient (Wildman–Crippen LogP) is 4.37. The first-order chi connectivity index (χ1) is 18.1. The van der Waals surface area contributed by atoms with Gasteiger partial charge < -0.3 is 20.5 Å². The van der Waals surface area contributed by atoms with Crippen LogP contribution in [-0.4, -0.2) is 47.6 Å². The molecule has 3 N–H and O–H groups in total. The first-order valence-corrected chi connectivity index (χ1v) is 13.3. The van der Waals surface area contributed by atoms with Crippen molar-refractivity contribution < 1.29 is 29.0 Å². The van der Waals surface area contributed by atoms with E-state index in [1.165, 1.54) is 0 Å². The van der Waals surface area contributed by atoms with E-state index >= 15 is 0 Å². The van der Waals surface area contributed by atoms with Crippen molar-refractivity contribution in [2.45, 2.75) is 71.9 Å². The molecule has 2 rings (SSSR count). The monoisotopic (exact) mass is 524 g/mol. The summed E-state index contributed by atoms with van der Waals surface area (Å²) in [6.07, 6.45) is 1.27. The Morgan fingerprint density at radius 1 is 0.842 bits per heavy atom. The van der Waals surface area contributed by atoms with Gasteiger partial charge in [0.05, 0.1) is 12.5 Å². The maximum atomic E-state index is 12.8. The van der Waals surface area contributed by atoms with E-state index in [2.05, 4.69) is 10.6 Å². The average molecular weight is 525 g/mol. The molecule has 0 heterocycles. The van der Waals surface area contributed by atoms with Crippen LogP contribution in [0.25, 0.3) is 11.1 Å². The van der Waals surface area contributed by atoms with E-state index in [-0.39, 0.29) is 43.3 Å². The van der Waals surface area contributed by atoms with Gasteiger partial charge in [-0.2, -0.15) is 0 Å². The van der Waals surface area contributed by atoms with Crippen molar-refractivity contribution in [2.24, 2.45) is 11.8 Å². The molecule has 2 amide bonds. The Morgan fingerprint density at radius 2 is 1.42 bits per heavy atom. The molecule has 0 aliphatic heterocycles. The van der Waals surface area contributed by atoms with Crippen LogP contribution in [0.4, 0.5) is 0 Å². The summed E-state index contributed by atoms with van der Waals surface area (Å²) in [5.41, 5.74) is 3.19. The van der Waals surface area contributed by atoms with Gasteiger partial charge in [-0.1, -0.05) is 81.8 Å². The van der Waals surface area contributed by atoms with Crippen LogP contribution in [-0.2, 0) is 30.3 Å². The smallest absolute Gasteiger partial charge is 0.326 e. The molecule has 0 saturated carbocycles. The van der Waals surface area contributed by atoms with Gasteiger partial charge in [0, 0.05) is 18.9 Å². The standard InChI is InChI=1S/C30H40N2O6/c1-5-20(3)28(29(35)36)32-27(34)17-16-26(33)31-25(18-21(4)30(37)38-6-2)19-22-12-14-24(15-13-22)23-10-8-7-9-11-23/h7-15,20-21,25,28H,5-6,16-19H2,1-4H3,(H,31,33)(H,32,34)(H,35,36)/t20?,21-,25+,28+/m1/s1. The SMILES string of the molecule is CCOC(=O)[C@H](C)C[C@@H](Cc1ccc(-c2ccccc2)cc1)NC(=O)CCC(=O)N[C@H](C(=O)O)C(C)CC. The highest BCUT2D eigenvalue weighted by molar-refractivity contribution is 5.87. The molecule has 0 aliphatic rings. The van der Waals surface area contributed by atoms with Gasteiger partial charge in [-0.3, -0.25) is 14.4 Å².